The summed E-state index contributed by atoms with van der Waals surface area (Å²) in [5.41, 5.74) is 0. The van der Waals surface area contributed by atoms with Gasteiger partial charge in [-0.1, -0.05) is 12.1 Å². The number of benzene rings is 1. The molecule has 7 heteroatoms. The highest BCUT2D eigenvalue weighted by molar-refractivity contribution is 14.1. The molecule has 5 nitrogen and oxygen atoms in total. The van der Waals surface area contributed by atoms with Crippen LogP contribution in [0.1, 0.15) is 19.3 Å². The van der Waals surface area contributed by atoms with Crippen LogP contribution in [0.4, 0.5) is 5.95 Å². The van der Waals surface area contributed by atoms with Crippen LogP contribution in [0, 0.1) is 3.57 Å². The highest BCUT2D eigenvalue weighted by atomic mass is 127. The predicted octanol–water partition coefficient (Wildman–Crippen LogP) is 3.91. The Balaban J connectivity index is 1.85. The van der Waals surface area contributed by atoms with E-state index in [0.717, 1.165) is 29.5 Å². The van der Waals surface area contributed by atoms with E-state index in [4.69, 9.17) is 16.3 Å². The predicted molar refractivity (Wildman–Crippen MR) is 90.1 cm³/mol. The second-order valence-corrected chi connectivity index (χ2v) is 6.27. The van der Waals surface area contributed by atoms with Crippen molar-refractivity contribution >= 4 is 40.1 Å². The largest absolute Gasteiger partial charge is 0.423 e. The number of aromatic nitrogens is 3. The third kappa shape index (κ3) is 3.74. The van der Waals surface area contributed by atoms with E-state index in [1.165, 1.54) is 6.42 Å². The topological polar surface area (TPSA) is 51.1 Å². The fraction of sp³-hybridized carbons (Fsp3) is 0.357. The van der Waals surface area contributed by atoms with Gasteiger partial charge in [-0.2, -0.15) is 15.0 Å². The molecule has 0 unspecified atom stereocenters. The van der Waals surface area contributed by atoms with E-state index in [2.05, 4.69) is 42.4 Å². The molecule has 0 aliphatic carbocycles. The molecular formula is C14H14ClIN4O. The quantitative estimate of drug-likeness (QED) is 0.710. The first-order chi connectivity index (χ1) is 10.2. The number of para-hydroxylation sites is 1. The molecular weight excluding hydrogens is 403 g/mol. The van der Waals surface area contributed by atoms with Crippen molar-refractivity contribution in [3.8, 4) is 11.8 Å². The van der Waals surface area contributed by atoms with E-state index in [9.17, 15) is 0 Å². The third-order valence-electron chi connectivity index (χ3n) is 3.25. The van der Waals surface area contributed by atoms with Gasteiger partial charge >= 0.3 is 6.01 Å². The van der Waals surface area contributed by atoms with Gasteiger partial charge in [-0.05, 0) is 65.6 Å². The minimum atomic E-state index is 0.159. The van der Waals surface area contributed by atoms with E-state index < -0.39 is 0 Å². The van der Waals surface area contributed by atoms with E-state index in [1.54, 1.807) is 0 Å². The molecule has 0 N–H and O–H groups in total. The van der Waals surface area contributed by atoms with Crippen molar-refractivity contribution in [2.24, 2.45) is 0 Å². The Morgan fingerprint density at radius 3 is 2.57 bits per heavy atom. The molecule has 0 atom stereocenters. The molecule has 2 aromatic rings. The lowest BCUT2D eigenvalue weighted by atomic mass is 10.1. The van der Waals surface area contributed by atoms with Crippen molar-refractivity contribution in [3.63, 3.8) is 0 Å². The summed E-state index contributed by atoms with van der Waals surface area (Å²) in [7, 11) is 0. The van der Waals surface area contributed by atoms with Gasteiger partial charge in [-0.15, -0.1) is 0 Å². The summed E-state index contributed by atoms with van der Waals surface area (Å²) in [5, 5.41) is 0.159. The van der Waals surface area contributed by atoms with E-state index >= 15 is 0 Å². The molecule has 0 saturated carbocycles. The van der Waals surface area contributed by atoms with Gasteiger partial charge < -0.3 is 9.64 Å². The van der Waals surface area contributed by atoms with Gasteiger partial charge in [0.1, 0.15) is 5.75 Å². The van der Waals surface area contributed by atoms with Crippen molar-refractivity contribution in [2.75, 3.05) is 18.0 Å². The van der Waals surface area contributed by atoms with Crippen LogP contribution in [0.5, 0.6) is 11.8 Å². The maximum absolute atomic E-state index is 6.00. The maximum atomic E-state index is 6.00. The van der Waals surface area contributed by atoms with E-state index in [0.29, 0.717) is 11.7 Å². The highest BCUT2D eigenvalue weighted by Crippen LogP contribution is 2.26. The minimum Gasteiger partial charge on any atom is -0.423 e. The lowest BCUT2D eigenvalue weighted by Gasteiger charge is -2.26. The summed E-state index contributed by atoms with van der Waals surface area (Å²) in [6.45, 7) is 1.89. The number of anilines is 1. The molecule has 2 heterocycles. The molecule has 110 valence electrons. The van der Waals surface area contributed by atoms with Crippen LogP contribution in [-0.2, 0) is 0 Å². The van der Waals surface area contributed by atoms with Crippen LogP contribution in [0.15, 0.2) is 24.3 Å². The highest BCUT2D eigenvalue weighted by Gasteiger charge is 2.16. The summed E-state index contributed by atoms with van der Waals surface area (Å²) >= 11 is 8.21. The Morgan fingerprint density at radius 1 is 1.05 bits per heavy atom. The fourth-order valence-electron chi connectivity index (χ4n) is 2.23. The van der Waals surface area contributed by atoms with Crippen LogP contribution < -0.4 is 9.64 Å². The molecule has 0 amide bonds. The van der Waals surface area contributed by atoms with E-state index in [1.807, 2.05) is 24.3 Å². The van der Waals surface area contributed by atoms with Gasteiger partial charge in [0.15, 0.2) is 0 Å². The van der Waals surface area contributed by atoms with Crippen molar-refractivity contribution in [3.05, 3.63) is 33.1 Å². The first-order valence-electron chi connectivity index (χ1n) is 6.81. The summed E-state index contributed by atoms with van der Waals surface area (Å²) < 4.78 is 6.73. The molecule has 3 rings (SSSR count). The van der Waals surface area contributed by atoms with Gasteiger partial charge in [0.2, 0.25) is 11.2 Å². The zero-order valence-electron chi connectivity index (χ0n) is 11.3. The normalized spacial score (nSPS) is 15.0. The van der Waals surface area contributed by atoms with Crippen LogP contribution >= 0.6 is 34.2 Å². The van der Waals surface area contributed by atoms with Crippen LogP contribution in [0.2, 0.25) is 5.28 Å². The molecule has 1 saturated heterocycles. The zero-order valence-corrected chi connectivity index (χ0v) is 14.2. The van der Waals surface area contributed by atoms with Crippen molar-refractivity contribution in [1.29, 1.82) is 0 Å². The number of hydrogen-bond donors (Lipinski definition) is 0. The van der Waals surface area contributed by atoms with E-state index in [-0.39, 0.29) is 11.3 Å². The van der Waals surface area contributed by atoms with Gasteiger partial charge in [-0.3, -0.25) is 0 Å². The van der Waals surface area contributed by atoms with Crippen LogP contribution in [-0.4, -0.2) is 28.0 Å². The number of halogens is 2. The Labute approximate surface area is 141 Å². The second-order valence-electron chi connectivity index (χ2n) is 4.77. The number of ether oxygens (including phenoxy) is 1. The summed E-state index contributed by atoms with van der Waals surface area (Å²) in [5.74, 6) is 1.31. The van der Waals surface area contributed by atoms with Crippen LogP contribution in [0.3, 0.4) is 0 Å². The number of nitrogens with zero attached hydrogens (tertiary/aromatic N) is 4. The summed E-state index contributed by atoms with van der Waals surface area (Å²) in [6, 6.07) is 7.93. The van der Waals surface area contributed by atoms with Gasteiger partial charge in [0.25, 0.3) is 0 Å². The molecule has 0 radical (unpaired) electrons. The minimum absolute atomic E-state index is 0.159. The average Bonchev–Trinajstić information content (AvgIpc) is 2.50. The smallest absolute Gasteiger partial charge is 0.328 e. The number of hydrogen-bond acceptors (Lipinski definition) is 5. The SMILES string of the molecule is Clc1nc(Oc2ccccc2I)nc(N2CCCCC2)n1. The molecule has 1 fully saturated rings. The lowest BCUT2D eigenvalue weighted by Crippen LogP contribution is -2.31. The second kappa shape index (κ2) is 6.74. The molecule has 21 heavy (non-hydrogen) atoms. The summed E-state index contributed by atoms with van der Waals surface area (Å²) in [6.07, 6.45) is 3.55. The maximum Gasteiger partial charge on any atom is 0.328 e. The van der Waals surface area contributed by atoms with Gasteiger partial charge in [-0.25, -0.2) is 0 Å². The standard InChI is InChI=1S/C14H14ClIN4O/c15-12-17-13(20-8-4-1-5-9-20)19-14(18-12)21-11-7-3-2-6-10(11)16/h2-3,6-7H,1,4-5,8-9H2. The van der Waals surface area contributed by atoms with Crippen molar-refractivity contribution < 1.29 is 4.74 Å². The zero-order chi connectivity index (χ0) is 14.7. The Hall–Kier alpha value is -1.15. The lowest BCUT2D eigenvalue weighted by molar-refractivity contribution is 0.434. The van der Waals surface area contributed by atoms with Gasteiger partial charge in [0, 0.05) is 13.1 Å². The molecule has 1 aliphatic rings. The molecule has 0 spiro atoms. The van der Waals surface area contributed by atoms with Gasteiger partial charge in [0.05, 0.1) is 3.57 Å². The number of piperidine rings is 1. The number of rotatable bonds is 3. The van der Waals surface area contributed by atoms with Crippen molar-refractivity contribution in [1.82, 2.24) is 15.0 Å². The summed E-state index contributed by atoms with van der Waals surface area (Å²) in [4.78, 5) is 14.8. The first kappa shape index (κ1) is 14.8. The Morgan fingerprint density at radius 2 is 1.81 bits per heavy atom. The van der Waals surface area contributed by atoms with Crippen molar-refractivity contribution in [2.45, 2.75) is 19.3 Å². The Bertz CT molecular complexity index is 634. The average molecular weight is 417 g/mol. The molecule has 1 aliphatic heterocycles. The third-order valence-corrected chi connectivity index (χ3v) is 4.31. The Kier molecular flexibility index (Phi) is 4.74. The molecule has 1 aromatic carbocycles. The first-order valence-corrected chi connectivity index (χ1v) is 8.27. The molecule has 1 aromatic heterocycles. The van der Waals surface area contributed by atoms with Crippen LogP contribution in [0.25, 0.3) is 0 Å². The monoisotopic (exact) mass is 416 g/mol. The molecule has 0 bridgehead atoms. The fourth-order valence-corrected chi connectivity index (χ4v) is 2.87.